The minimum Gasteiger partial charge on any atom is -0.397 e. The summed E-state index contributed by atoms with van der Waals surface area (Å²) in [5, 5.41) is 8.69. The highest BCUT2D eigenvalue weighted by Crippen LogP contribution is 2.21. The number of anilines is 2. The Morgan fingerprint density at radius 3 is 2.61 bits per heavy atom. The molecule has 98 valence electrons. The van der Waals surface area contributed by atoms with Gasteiger partial charge in [0.25, 0.3) is 0 Å². The molecule has 0 saturated heterocycles. The highest BCUT2D eigenvalue weighted by Gasteiger charge is 2.13. The van der Waals surface area contributed by atoms with Crippen LogP contribution in [0.5, 0.6) is 0 Å². The fourth-order valence-corrected chi connectivity index (χ4v) is 2.74. The third kappa shape index (κ3) is 4.26. The molecule has 1 rings (SSSR count). The number of sulfonamides is 1. The minimum absolute atomic E-state index is 0.0596. The van der Waals surface area contributed by atoms with E-state index in [4.69, 9.17) is 11.0 Å². The van der Waals surface area contributed by atoms with Crippen molar-refractivity contribution in [1.29, 1.82) is 5.26 Å². The molecule has 0 heterocycles. The quantitative estimate of drug-likeness (QED) is 0.797. The monoisotopic (exact) mass is 267 g/mol. The summed E-state index contributed by atoms with van der Waals surface area (Å²) < 4.78 is 26.0. The number of nitrogens with zero attached hydrogens (tertiary/aromatic N) is 1. The van der Waals surface area contributed by atoms with Crippen molar-refractivity contribution in [3.8, 4) is 6.07 Å². The molecule has 0 aliphatic heterocycles. The lowest BCUT2D eigenvalue weighted by Gasteiger charge is -2.11. The predicted molar refractivity (Wildman–Crippen MR) is 72.4 cm³/mol. The van der Waals surface area contributed by atoms with Crippen LogP contribution in [0, 0.1) is 17.2 Å². The molecule has 1 aromatic rings. The molecule has 0 radical (unpaired) electrons. The third-order valence-electron chi connectivity index (χ3n) is 2.41. The Hall–Kier alpha value is -1.74. The number of rotatable bonds is 5. The van der Waals surface area contributed by atoms with Crippen LogP contribution >= 0.6 is 0 Å². The van der Waals surface area contributed by atoms with Gasteiger partial charge in [-0.25, -0.2) is 8.42 Å². The molecule has 0 fully saturated rings. The Balaban J connectivity index is 2.82. The van der Waals surface area contributed by atoms with Gasteiger partial charge in [0.05, 0.1) is 28.8 Å². The van der Waals surface area contributed by atoms with Crippen LogP contribution in [0.4, 0.5) is 11.4 Å². The largest absolute Gasteiger partial charge is 0.397 e. The summed E-state index contributed by atoms with van der Waals surface area (Å²) in [6.45, 7) is 3.93. The topological polar surface area (TPSA) is 96.0 Å². The molecule has 1 aromatic carbocycles. The van der Waals surface area contributed by atoms with E-state index in [2.05, 4.69) is 4.72 Å². The molecule has 0 saturated carbocycles. The van der Waals surface area contributed by atoms with E-state index in [0.29, 0.717) is 23.6 Å². The molecule has 0 unspecified atom stereocenters. The molecule has 0 aromatic heterocycles. The van der Waals surface area contributed by atoms with Crippen LogP contribution in [0.25, 0.3) is 0 Å². The van der Waals surface area contributed by atoms with E-state index >= 15 is 0 Å². The van der Waals surface area contributed by atoms with Crippen LogP contribution in [-0.4, -0.2) is 14.2 Å². The van der Waals surface area contributed by atoms with E-state index in [9.17, 15) is 8.42 Å². The Bertz CT molecular complexity index is 559. The molecular formula is C12H17N3O2S. The number of benzene rings is 1. The summed E-state index contributed by atoms with van der Waals surface area (Å²) >= 11 is 0. The number of hydrogen-bond acceptors (Lipinski definition) is 4. The summed E-state index contributed by atoms with van der Waals surface area (Å²) in [7, 11) is -3.38. The van der Waals surface area contributed by atoms with Crippen molar-refractivity contribution in [3.63, 3.8) is 0 Å². The first-order valence-corrected chi connectivity index (χ1v) is 7.29. The molecule has 6 heteroatoms. The molecule has 0 spiro atoms. The van der Waals surface area contributed by atoms with Gasteiger partial charge in [-0.2, -0.15) is 5.26 Å². The van der Waals surface area contributed by atoms with Crippen LogP contribution in [-0.2, 0) is 10.0 Å². The maximum atomic E-state index is 11.8. The highest BCUT2D eigenvalue weighted by atomic mass is 32.2. The second-order valence-electron chi connectivity index (χ2n) is 4.52. The molecule has 0 bridgehead atoms. The highest BCUT2D eigenvalue weighted by molar-refractivity contribution is 7.92. The Morgan fingerprint density at radius 1 is 1.44 bits per heavy atom. The summed E-state index contributed by atoms with van der Waals surface area (Å²) in [5.41, 5.74) is 6.65. The smallest absolute Gasteiger partial charge is 0.232 e. The first kappa shape index (κ1) is 14.3. The molecule has 0 aliphatic rings. The zero-order valence-electron chi connectivity index (χ0n) is 10.5. The zero-order valence-corrected chi connectivity index (χ0v) is 11.3. The van der Waals surface area contributed by atoms with Crippen molar-refractivity contribution in [2.45, 2.75) is 20.3 Å². The molecule has 5 nitrogen and oxygen atoms in total. The normalized spacial score (nSPS) is 11.2. The van der Waals surface area contributed by atoms with E-state index in [1.54, 1.807) is 0 Å². The second-order valence-corrected chi connectivity index (χ2v) is 6.36. The van der Waals surface area contributed by atoms with Crippen molar-refractivity contribution in [2.75, 3.05) is 16.2 Å². The molecule has 3 N–H and O–H groups in total. The van der Waals surface area contributed by atoms with Gasteiger partial charge in [-0.15, -0.1) is 0 Å². The fourth-order valence-electron chi connectivity index (χ4n) is 1.33. The number of nitrogen functional groups attached to an aromatic ring is 1. The van der Waals surface area contributed by atoms with E-state index < -0.39 is 10.0 Å². The van der Waals surface area contributed by atoms with E-state index in [1.807, 2.05) is 19.9 Å². The first-order valence-electron chi connectivity index (χ1n) is 5.64. The van der Waals surface area contributed by atoms with Gasteiger partial charge in [-0.1, -0.05) is 13.8 Å². The average molecular weight is 267 g/mol. The lowest BCUT2D eigenvalue weighted by molar-refractivity contribution is 0.578. The summed E-state index contributed by atoms with van der Waals surface area (Å²) in [5.74, 6) is 0.379. The van der Waals surface area contributed by atoms with Crippen LogP contribution in [0.3, 0.4) is 0 Å². The molecule has 18 heavy (non-hydrogen) atoms. The van der Waals surface area contributed by atoms with Crippen LogP contribution in [0.2, 0.25) is 0 Å². The maximum Gasteiger partial charge on any atom is 0.232 e. The lowest BCUT2D eigenvalue weighted by atomic mass is 10.2. The average Bonchev–Trinajstić information content (AvgIpc) is 2.29. The van der Waals surface area contributed by atoms with Gasteiger partial charge in [-0.05, 0) is 30.5 Å². The summed E-state index contributed by atoms with van der Waals surface area (Å²) in [6, 6.07) is 6.41. The number of hydrogen-bond donors (Lipinski definition) is 2. The van der Waals surface area contributed by atoms with Crippen molar-refractivity contribution in [2.24, 2.45) is 5.92 Å². The van der Waals surface area contributed by atoms with Crippen molar-refractivity contribution >= 4 is 21.4 Å². The van der Waals surface area contributed by atoms with E-state index in [1.165, 1.54) is 18.2 Å². The van der Waals surface area contributed by atoms with Gasteiger partial charge in [-0.3, -0.25) is 4.72 Å². The summed E-state index contributed by atoms with van der Waals surface area (Å²) in [6.07, 6.45) is 0.589. The SMILES string of the molecule is CC(C)CCS(=O)(=O)Nc1ccc(C#N)cc1N. The predicted octanol–water partition coefficient (Wildman–Crippen LogP) is 1.93. The van der Waals surface area contributed by atoms with Gasteiger partial charge in [0, 0.05) is 0 Å². The van der Waals surface area contributed by atoms with Crippen LogP contribution in [0.1, 0.15) is 25.8 Å². The van der Waals surface area contributed by atoms with Crippen LogP contribution < -0.4 is 10.5 Å². The molecule has 0 atom stereocenters. The first-order chi connectivity index (χ1) is 8.34. The maximum absolute atomic E-state index is 11.8. The van der Waals surface area contributed by atoms with E-state index in [0.717, 1.165) is 0 Å². The lowest BCUT2D eigenvalue weighted by Crippen LogP contribution is -2.18. The Kier molecular flexibility index (Phi) is 4.56. The number of nitrogens with one attached hydrogen (secondary N) is 1. The summed E-state index contributed by atoms with van der Waals surface area (Å²) in [4.78, 5) is 0. The number of nitriles is 1. The second kappa shape index (κ2) is 5.74. The Labute approximate surface area is 108 Å². The van der Waals surface area contributed by atoms with E-state index in [-0.39, 0.29) is 11.4 Å². The van der Waals surface area contributed by atoms with Gasteiger partial charge >= 0.3 is 0 Å². The Morgan fingerprint density at radius 2 is 2.11 bits per heavy atom. The van der Waals surface area contributed by atoms with Gasteiger partial charge < -0.3 is 5.73 Å². The molecule has 0 aliphatic carbocycles. The fraction of sp³-hybridized carbons (Fsp3) is 0.417. The van der Waals surface area contributed by atoms with Gasteiger partial charge in [0.15, 0.2) is 0 Å². The third-order valence-corrected chi connectivity index (χ3v) is 3.71. The standard InChI is InChI=1S/C12H17N3O2S/c1-9(2)5-6-18(16,17)15-12-4-3-10(8-13)7-11(12)14/h3-4,7,9,15H,5-6,14H2,1-2H3. The minimum atomic E-state index is -3.38. The van der Waals surface area contributed by atoms with Gasteiger partial charge in [0.2, 0.25) is 10.0 Å². The molecule has 0 amide bonds. The van der Waals surface area contributed by atoms with Crippen molar-refractivity contribution in [1.82, 2.24) is 0 Å². The molecular weight excluding hydrogens is 250 g/mol. The van der Waals surface area contributed by atoms with Gasteiger partial charge in [0.1, 0.15) is 0 Å². The zero-order chi connectivity index (χ0) is 13.8. The van der Waals surface area contributed by atoms with Crippen molar-refractivity contribution < 1.29 is 8.42 Å². The number of nitrogens with two attached hydrogens (primary N) is 1. The van der Waals surface area contributed by atoms with Crippen LogP contribution in [0.15, 0.2) is 18.2 Å². The van der Waals surface area contributed by atoms with Crippen molar-refractivity contribution in [3.05, 3.63) is 23.8 Å².